The Morgan fingerprint density at radius 2 is 2.31 bits per heavy atom. The molecule has 0 bridgehead atoms. The maximum Gasteiger partial charge on any atom is 0.257 e. The van der Waals surface area contributed by atoms with E-state index in [1.54, 1.807) is 18.2 Å². The first-order chi connectivity index (χ1) is 12.6. The highest BCUT2D eigenvalue weighted by Crippen LogP contribution is 2.40. The predicted octanol–water partition coefficient (Wildman–Crippen LogP) is 1.77. The average molecular weight is 352 g/mol. The molecular formula is C19H20N4O3. The van der Waals surface area contributed by atoms with Crippen LogP contribution in [-0.2, 0) is 0 Å². The zero-order chi connectivity index (χ0) is 18.1. The zero-order valence-electron chi connectivity index (χ0n) is 14.6. The predicted molar refractivity (Wildman–Crippen MR) is 92.5 cm³/mol. The summed E-state index contributed by atoms with van der Waals surface area (Å²) in [6, 6.07) is 7.17. The van der Waals surface area contributed by atoms with Crippen molar-refractivity contribution in [2.24, 2.45) is 5.92 Å². The highest BCUT2D eigenvalue weighted by Gasteiger charge is 2.53. The number of rotatable bonds is 4. The van der Waals surface area contributed by atoms with Crippen molar-refractivity contribution < 1.29 is 13.9 Å². The minimum absolute atomic E-state index is 0.0271. The molecule has 0 saturated carbocycles. The van der Waals surface area contributed by atoms with E-state index in [4.69, 9.17) is 14.4 Å². The summed E-state index contributed by atoms with van der Waals surface area (Å²) in [6.45, 7) is 2.99. The molecule has 0 radical (unpaired) electrons. The van der Waals surface area contributed by atoms with Crippen LogP contribution in [0.15, 0.2) is 41.3 Å². The summed E-state index contributed by atoms with van der Waals surface area (Å²) >= 11 is 0. The number of carbonyl (C=O) groups is 1. The number of furan rings is 1. The van der Waals surface area contributed by atoms with Gasteiger partial charge in [-0.05, 0) is 25.6 Å². The monoisotopic (exact) mass is 352 g/mol. The maximum atomic E-state index is 12.4. The topological polar surface area (TPSA) is 82.6 Å². The number of aromatic nitrogens is 1. The SMILES string of the molecule is CN1C[C@@H](COc2ccc(C#N)cn2)CC12CN(C(=O)c1ccoc1)C2. The Bertz CT molecular complexity index is 819. The van der Waals surface area contributed by atoms with E-state index >= 15 is 0 Å². The zero-order valence-corrected chi connectivity index (χ0v) is 14.6. The fourth-order valence-corrected chi connectivity index (χ4v) is 3.93. The number of amides is 1. The summed E-state index contributed by atoms with van der Waals surface area (Å²) in [7, 11) is 2.11. The minimum atomic E-state index is 0.0271. The van der Waals surface area contributed by atoms with Crippen molar-refractivity contribution >= 4 is 5.91 Å². The third kappa shape index (κ3) is 2.93. The lowest BCUT2D eigenvalue weighted by Gasteiger charge is -2.51. The molecule has 2 aromatic rings. The van der Waals surface area contributed by atoms with E-state index in [-0.39, 0.29) is 11.4 Å². The van der Waals surface area contributed by atoms with Crippen molar-refractivity contribution in [1.29, 1.82) is 5.26 Å². The lowest BCUT2D eigenvalue weighted by Crippen LogP contribution is -2.68. The van der Waals surface area contributed by atoms with Crippen LogP contribution in [0.4, 0.5) is 0 Å². The number of nitrogens with zero attached hydrogens (tertiary/aromatic N) is 4. The normalized spacial score (nSPS) is 21.4. The van der Waals surface area contributed by atoms with Gasteiger partial charge in [-0.25, -0.2) is 4.98 Å². The summed E-state index contributed by atoms with van der Waals surface area (Å²) < 4.78 is 10.8. The summed E-state index contributed by atoms with van der Waals surface area (Å²) in [6.07, 6.45) is 5.53. The number of carbonyl (C=O) groups excluding carboxylic acids is 1. The van der Waals surface area contributed by atoms with Gasteiger partial charge in [-0.15, -0.1) is 0 Å². The van der Waals surface area contributed by atoms with Crippen LogP contribution >= 0.6 is 0 Å². The van der Waals surface area contributed by atoms with Gasteiger partial charge in [-0.2, -0.15) is 5.26 Å². The van der Waals surface area contributed by atoms with Crippen LogP contribution in [0.1, 0.15) is 22.3 Å². The molecule has 2 aliphatic rings. The molecule has 0 unspecified atom stereocenters. The molecule has 1 atom stereocenters. The van der Waals surface area contributed by atoms with E-state index < -0.39 is 0 Å². The second-order valence-electron chi connectivity index (χ2n) is 7.16. The van der Waals surface area contributed by atoms with Gasteiger partial charge < -0.3 is 14.1 Å². The fourth-order valence-electron chi connectivity index (χ4n) is 3.93. The number of hydrogen-bond acceptors (Lipinski definition) is 6. The van der Waals surface area contributed by atoms with Crippen LogP contribution in [-0.4, -0.2) is 59.5 Å². The van der Waals surface area contributed by atoms with Crippen LogP contribution in [0, 0.1) is 17.2 Å². The van der Waals surface area contributed by atoms with Gasteiger partial charge in [0, 0.05) is 37.8 Å². The van der Waals surface area contributed by atoms with E-state index in [0.717, 1.165) is 26.1 Å². The molecule has 7 nitrogen and oxygen atoms in total. The molecule has 7 heteroatoms. The fraction of sp³-hybridized carbons (Fsp3) is 0.421. The molecule has 26 heavy (non-hydrogen) atoms. The van der Waals surface area contributed by atoms with Gasteiger partial charge in [0.15, 0.2) is 0 Å². The molecule has 1 spiro atoms. The Balaban J connectivity index is 1.31. The van der Waals surface area contributed by atoms with Crippen molar-refractivity contribution in [3.8, 4) is 11.9 Å². The first-order valence-corrected chi connectivity index (χ1v) is 8.61. The second kappa shape index (κ2) is 6.46. The number of likely N-dealkylation sites (N-methyl/N-ethyl adjacent to an activating group) is 1. The van der Waals surface area contributed by atoms with Gasteiger partial charge >= 0.3 is 0 Å². The average Bonchev–Trinajstić information content (AvgIpc) is 3.26. The van der Waals surface area contributed by atoms with Crippen molar-refractivity contribution in [3.05, 3.63) is 48.0 Å². The summed E-state index contributed by atoms with van der Waals surface area (Å²) in [5.74, 6) is 0.959. The van der Waals surface area contributed by atoms with Gasteiger partial charge in [0.25, 0.3) is 5.91 Å². The quantitative estimate of drug-likeness (QED) is 0.834. The third-order valence-corrected chi connectivity index (χ3v) is 5.37. The lowest BCUT2D eigenvalue weighted by atomic mass is 9.84. The standard InChI is InChI=1S/C19H20N4O3/c1-22-9-15(10-26-17-3-2-14(7-20)8-21-17)6-19(22)12-23(13-19)18(24)16-4-5-25-11-16/h2-5,8,11,15H,6,9-10,12-13H2,1H3/t15-/m0/s1. The Hall–Kier alpha value is -2.85. The van der Waals surface area contributed by atoms with Crippen LogP contribution in [0.25, 0.3) is 0 Å². The van der Waals surface area contributed by atoms with Gasteiger partial charge in [-0.1, -0.05) is 0 Å². The van der Waals surface area contributed by atoms with E-state index in [0.29, 0.717) is 29.5 Å². The Morgan fingerprint density at radius 3 is 2.96 bits per heavy atom. The molecule has 1 amide bonds. The first kappa shape index (κ1) is 16.6. The van der Waals surface area contributed by atoms with Crippen molar-refractivity contribution in [1.82, 2.24) is 14.8 Å². The minimum Gasteiger partial charge on any atom is -0.477 e. The number of pyridine rings is 1. The van der Waals surface area contributed by atoms with Gasteiger partial charge in [-0.3, -0.25) is 9.69 Å². The Kier molecular flexibility index (Phi) is 4.13. The number of hydrogen-bond donors (Lipinski definition) is 0. The number of ether oxygens (including phenoxy) is 1. The van der Waals surface area contributed by atoms with Crippen molar-refractivity contribution in [2.45, 2.75) is 12.0 Å². The van der Waals surface area contributed by atoms with Crippen LogP contribution in [0.5, 0.6) is 5.88 Å². The number of nitriles is 1. The molecule has 2 saturated heterocycles. The van der Waals surface area contributed by atoms with Gasteiger partial charge in [0.05, 0.1) is 29.5 Å². The molecule has 2 fully saturated rings. The molecule has 0 aliphatic carbocycles. The molecule has 4 rings (SSSR count). The molecule has 134 valence electrons. The Labute approximate surface area is 151 Å². The molecule has 4 heterocycles. The summed E-state index contributed by atoms with van der Waals surface area (Å²) in [4.78, 5) is 20.7. The molecule has 0 N–H and O–H groups in total. The molecule has 2 aromatic heterocycles. The van der Waals surface area contributed by atoms with Crippen molar-refractivity contribution in [2.75, 3.05) is 33.3 Å². The van der Waals surface area contributed by atoms with Crippen molar-refractivity contribution in [3.63, 3.8) is 0 Å². The largest absolute Gasteiger partial charge is 0.477 e. The van der Waals surface area contributed by atoms with Gasteiger partial charge in [0.2, 0.25) is 5.88 Å². The summed E-state index contributed by atoms with van der Waals surface area (Å²) in [5, 5.41) is 8.80. The maximum absolute atomic E-state index is 12.4. The van der Waals surface area contributed by atoms with E-state index in [1.807, 2.05) is 11.0 Å². The van der Waals surface area contributed by atoms with Crippen LogP contribution < -0.4 is 4.74 Å². The van der Waals surface area contributed by atoms with E-state index in [1.165, 1.54) is 18.7 Å². The smallest absolute Gasteiger partial charge is 0.257 e. The first-order valence-electron chi connectivity index (χ1n) is 8.61. The lowest BCUT2D eigenvalue weighted by molar-refractivity contribution is -0.00775. The third-order valence-electron chi connectivity index (χ3n) is 5.37. The highest BCUT2D eigenvalue weighted by atomic mass is 16.5. The van der Waals surface area contributed by atoms with Crippen LogP contribution in [0.2, 0.25) is 0 Å². The van der Waals surface area contributed by atoms with Crippen LogP contribution in [0.3, 0.4) is 0 Å². The molecule has 0 aromatic carbocycles. The highest BCUT2D eigenvalue weighted by molar-refractivity contribution is 5.94. The second-order valence-corrected chi connectivity index (χ2v) is 7.16. The molecular weight excluding hydrogens is 332 g/mol. The Morgan fingerprint density at radius 1 is 1.46 bits per heavy atom. The summed E-state index contributed by atoms with van der Waals surface area (Å²) in [5.41, 5.74) is 1.17. The molecule has 2 aliphatic heterocycles. The number of likely N-dealkylation sites (tertiary alicyclic amines) is 2. The van der Waals surface area contributed by atoms with E-state index in [9.17, 15) is 4.79 Å². The van der Waals surface area contributed by atoms with Gasteiger partial charge in [0.1, 0.15) is 12.3 Å². The van der Waals surface area contributed by atoms with E-state index in [2.05, 4.69) is 16.9 Å².